The van der Waals surface area contributed by atoms with Crippen LogP contribution in [0, 0.1) is 10.1 Å². The zero-order valence-corrected chi connectivity index (χ0v) is 11.1. The molecule has 0 fully saturated rings. The van der Waals surface area contributed by atoms with Crippen LogP contribution in [0.5, 0.6) is 0 Å². The molecule has 0 aliphatic heterocycles. The van der Waals surface area contributed by atoms with Gasteiger partial charge in [0.05, 0.1) is 11.5 Å². The molecule has 0 amide bonds. The van der Waals surface area contributed by atoms with Gasteiger partial charge in [-0.25, -0.2) is 0 Å². The van der Waals surface area contributed by atoms with Gasteiger partial charge in [-0.15, -0.1) is 10.2 Å². The first kappa shape index (κ1) is 13.5. The van der Waals surface area contributed by atoms with E-state index in [9.17, 15) is 10.1 Å². The Morgan fingerprint density at radius 2 is 2.05 bits per heavy atom. The average molecular weight is 279 g/mol. The third-order valence-electron chi connectivity index (χ3n) is 2.62. The van der Waals surface area contributed by atoms with E-state index in [0.717, 1.165) is 16.5 Å². The summed E-state index contributed by atoms with van der Waals surface area (Å²) in [6, 6.07) is 6.48. The molecular weight excluding hydrogens is 266 g/mol. The third-order valence-corrected chi connectivity index (χ3v) is 3.71. The number of nitro benzene ring substituents is 1. The number of hydrogen-bond acceptors (Lipinski definition) is 6. The summed E-state index contributed by atoms with van der Waals surface area (Å²) in [5, 5.41) is 19.3. The maximum Gasteiger partial charge on any atom is 0.269 e. The van der Waals surface area contributed by atoms with Crippen LogP contribution in [-0.2, 0) is 19.3 Å². The van der Waals surface area contributed by atoms with Crippen molar-refractivity contribution in [3.63, 3.8) is 0 Å². The van der Waals surface area contributed by atoms with Crippen molar-refractivity contribution in [3.05, 3.63) is 45.8 Å². The molecule has 0 saturated heterocycles. The first-order valence-electron chi connectivity index (χ1n) is 5.56. The lowest BCUT2D eigenvalue weighted by molar-refractivity contribution is -0.384. The number of non-ortho nitro benzene ring substituents is 1. The van der Waals surface area contributed by atoms with Crippen LogP contribution in [0.25, 0.3) is 0 Å². The summed E-state index contributed by atoms with van der Waals surface area (Å²) < 4.78 is 1.84. The molecule has 8 heteroatoms. The van der Waals surface area contributed by atoms with E-state index in [-0.39, 0.29) is 5.69 Å². The molecule has 0 radical (unpaired) electrons. The van der Waals surface area contributed by atoms with Crippen LogP contribution in [0.1, 0.15) is 11.4 Å². The van der Waals surface area contributed by atoms with Crippen molar-refractivity contribution in [3.8, 4) is 0 Å². The molecule has 0 aliphatic rings. The number of thioether (sulfide) groups is 1. The quantitative estimate of drug-likeness (QED) is 0.505. The molecule has 0 bridgehead atoms. The third kappa shape index (κ3) is 3.09. The number of nitrogens with two attached hydrogens (primary N) is 1. The molecule has 1 heterocycles. The summed E-state index contributed by atoms with van der Waals surface area (Å²) in [5.41, 5.74) is 6.61. The molecule has 0 saturated carbocycles. The second-order valence-corrected chi connectivity index (χ2v) is 4.82. The maximum atomic E-state index is 10.5. The molecule has 0 unspecified atom stereocenters. The highest BCUT2D eigenvalue weighted by Gasteiger charge is 2.09. The maximum absolute atomic E-state index is 10.5. The van der Waals surface area contributed by atoms with Gasteiger partial charge in [0, 0.05) is 24.9 Å². The van der Waals surface area contributed by atoms with E-state index in [1.54, 1.807) is 12.1 Å². The molecular formula is C11H13N5O2S. The fraction of sp³-hybridized carbons (Fsp3) is 0.273. The second kappa shape index (κ2) is 5.81. The van der Waals surface area contributed by atoms with E-state index in [0.29, 0.717) is 12.3 Å². The minimum Gasteiger partial charge on any atom is -0.324 e. The van der Waals surface area contributed by atoms with Gasteiger partial charge in [0.15, 0.2) is 5.16 Å². The number of hydrogen-bond donors (Lipinski definition) is 1. The van der Waals surface area contributed by atoms with Crippen molar-refractivity contribution < 1.29 is 4.92 Å². The molecule has 19 heavy (non-hydrogen) atoms. The SMILES string of the molecule is Cn1c(CN)nnc1SCc1ccc([N+](=O)[O-])cc1. The molecule has 2 rings (SSSR count). The van der Waals surface area contributed by atoms with Crippen molar-refractivity contribution in [2.45, 2.75) is 17.5 Å². The Balaban J connectivity index is 2.02. The number of rotatable bonds is 5. The monoisotopic (exact) mass is 279 g/mol. The minimum absolute atomic E-state index is 0.0952. The van der Waals surface area contributed by atoms with Crippen LogP contribution < -0.4 is 5.73 Å². The fourth-order valence-electron chi connectivity index (χ4n) is 1.51. The normalized spacial score (nSPS) is 10.6. The molecule has 0 aliphatic carbocycles. The average Bonchev–Trinajstić information content (AvgIpc) is 2.77. The van der Waals surface area contributed by atoms with Crippen LogP contribution in [0.3, 0.4) is 0 Å². The van der Waals surface area contributed by atoms with Gasteiger partial charge in [0.1, 0.15) is 5.82 Å². The van der Waals surface area contributed by atoms with Gasteiger partial charge in [-0.3, -0.25) is 10.1 Å². The summed E-state index contributed by atoms with van der Waals surface area (Å²) in [4.78, 5) is 10.1. The molecule has 1 aromatic carbocycles. The lowest BCUT2D eigenvalue weighted by atomic mass is 10.2. The summed E-state index contributed by atoms with van der Waals surface area (Å²) >= 11 is 1.51. The van der Waals surface area contributed by atoms with Gasteiger partial charge >= 0.3 is 0 Å². The van der Waals surface area contributed by atoms with Crippen molar-refractivity contribution in [1.82, 2.24) is 14.8 Å². The van der Waals surface area contributed by atoms with E-state index in [2.05, 4.69) is 10.2 Å². The molecule has 2 N–H and O–H groups in total. The predicted molar refractivity (Wildman–Crippen MR) is 71.6 cm³/mol. The first-order chi connectivity index (χ1) is 9.11. The number of nitrogens with zero attached hydrogens (tertiary/aromatic N) is 4. The lowest BCUT2D eigenvalue weighted by Gasteiger charge is -2.02. The number of benzene rings is 1. The van der Waals surface area contributed by atoms with E-state index in [4.69, 9.17) is 5.73 Å². The van der Waals surface area contributed by atoms with Gasteiger partial charge < -0.3 is 10.3 Å². The van der Waals surface area contributed by atoms with Gasteiger partial charge in [-0.1, -0.05) is 23.9 Å². The van der Waals surface area contributed by atoms with Crippen molar-refractivity contribution >= 4 is 17.4 Å². The van der Waals surface area contributed by atoms with Crippen molar-refractivity contribution in [2.75, 3.05) is 0 Å². The zero-order chi connectivity index (χ0) is 13.8. The van der Waals surface area contributed by atoms with E-state index in [1.807, 2.05) is 11.6 Å². The summed E-state index contributed by atoms with van der Waals surface area (Å²) in [6.07, 6.45) is 0. The van der Waals surface area contributed by atoms with Crippen LogP contribution in [-0.4, -0.2) is 19.7 Å². The van der Waals surface area contributed by atoms with E-state index in [1.165, 1.54) is 23.9 Å². The van der Waals surface area contributed by atoms with Crippen LogP contribution >= 0.6 is 11.8 Å². The highest BCUT2D eigenvalue weighted by molar-refractivity contribution is 7.98. The number of nitro groups is 1. The van der Waals surface area contributed by atoms with Crippen molar-refractivity contribution in [1.29, 1.82) is 0 Å². The van der Waals surface area contributed by atoms with Gasteiger partial charge in [-0.2, -0.15) is 0 Å². The Labute approximate surface area is 114 Å². The Morgan fingerprint density at radius 1 is 1.37 bits per heavy atom. The smallest absolute Gasteiger partial charge is 0.269 e. The highest BCUT2D eigenvalue weighted by atomic mass is 32.2. The van der Waals surface area contributed by atoms with Crippen LogP contribution in [0.2, 0.25) is 0 Å². The Morgan fingerprint density at radius 3 is 2.58 bits per heavy atom. The predicted octanol–water partition coefficient (Wildman–Crippen LogP) is 1.47. The van der Waals surface area contributed by atoms with Gasteiger partial charge in [0.25, 0.3) is 5.69 Å². The lowest BCUT2D eigenvalue weighted by Crippen LogP contribution is -2.05. The molecule has 7 nitrogen and oxygen atoms in total. The number of aromatic nitrogens is 3. The summed E-state index contributed by atoms with van der Waals surface area (Å²) in [5.74, 6) is 1.40. The fourth-order valence-corrected chi connectivity index (χ4v) is 2.40. The topological polar surface area (TPSA) is 99.9 Å². The molecule has 1 aromatic heterocycles. The Kier molecular flexibility index (Phi) is 4.13. The largest absolute Gasteiger partial charge is 0.324 e. The Hall–Kier alpha value is -1.93. The van der Waals surface area contributed by atoms with Gasteiger partial charge in [-0.05, 0) is 5.56 Å². The first-order valence-corrected chi connectivity index (χ1v) is 6.55. The van der Waals surface area contributed by atoms with Crippen molar-refractivity contribution in [2.24, 2.45) is 12.8 Å². The standard InChI is InChI=1S/C11H13N5O2S/c1-15-10(6-12)13-14-11(15)19-7-8-2-4-9(5-3-8)16(17)18/h2-5H,6-7,12H2,1H3. The molecule has 2 aromatic rings. The van der Waals surface area contributed by atoms with Crippen LogP contribution in [0.15, 0.2) is 29.4 Å². The van der Waals surface area contributed by atoms with Crippen LogP contribution in [0.4, 0.5) is 5.69 Å². The van der Waals surface area contributed by atoms with Gasteiger partial charge in [0.2, 0.25) is 0 Å². The summed E-state index contributed by atoms with van der Waals surface area (Å²) in [7, 11) is 1.86. The molecule has 0 spiro atoms. The molecule has 100 valence electrons. The highest BCUT2D eigenvalue weighted by Crippen LogP contribution is 2.22. The minimum atomic E-state index is -0.410. The van der Waals surface area contributed by atoms with E-state index >= 15 is 0 Å². The second-order valence-electron chi connectivity index (χ2n) is 3.87. The zero-order valence-electron chi connectivity index (χ0n) is 10.3. The summed E-state index contributed by atoms with van der Waals surface area (Å²) in [6.45, 7) is 0.349. The molecule has 0 atom stereocenters. The van der Waals surface area contributed by atoms with E-state index < -0.39 is 4.92 Å². The Bertz CT molecular complexity index is 581.